The van der Waals surface area contributed by atoms with Gasteiger partial charge < -0.3 is 4.74 Å². The molecule has 4 rings (SSSR count). The van der Waals surface area contributed by atoms with Crippen LogP contribution in [0.2, 0.25) is 10.0 Å². The second-order valence-corrected chi connectivity index (χ2v) is 7.45. The topological polar surface area (TPSA) is 75.7 Å². The fraction of sp³-hybridized carbons (Fsp3) is 0.0870. The minimum atomic E-state index is -0.903. The summed E-state index contributed by atoms with van der Waals surface area (Å²) < 4.78 is 5.72. The van der Waals surface area contributed by atoms with Crippen LogP contribution >= 0.6 is 23.2 Å². The van der Waals surface area contributed by atoms with Crippen LogP contribution in [0.15, 0.2) is 60.2 Å². The number of hydrogen-bond donors (Lipinski definition) is 1. The number of imide groups is 2. The van der Waals surface area contributed by atoms with Crippen molar-refractivity contribution >= 4 is 63.6 Å². The summed E-state index contributed by atoms with van der Waals surface area (Å²) in [5, 5.41) is 4.10. The second kappa shape index (κ2) is 8.41. The third kappa shape index (κ3) is 3.76. The van der Waals surface area contributed by atoms with E-state index in [1.165, 1.54) is 18.2 Å². The van der Waals surface area contributed by atoms with E-state index in [2.05, 4.69) is 5.32 Å². The number of benzene rings is 3. The van der Waals surface area contributed by atoms with Crippen molar-refractivity contribution in [1.29, 1.82) is 0 Å². The number of anilines is 1. The maximum absolute atomic E-state index is 13.3. The molecule has 0 aliphatic carbocycles. The lowest BCUT2D eigenvalue weighted by Crippen LogP contribution is -2.54. The molecule has 0 unspecified atom stereocenters. The van der Waals surface area contributed by atoms with Gasteiger partial charge in [0, 0.05) is 5.56 Å². The van der Waals surface area contributed by atoms with E-state index in [0.717, 1.165) is 15.7 Å². The average Bonchev–Trinajstić information content (AvgIpc) is 2.75. The molecule has 6 nitrogen and oxygen atoms in total. The highest BCUT2D eigenvalue weighted by molar-refractivity contribution is 6.46. The Kier molecular flexibility index (Phi) is 5.67. The number of halogens is 2. The number of urea groups is 1. The zero-order valence-electron chi connectivity index (χ0n) is 16.3. The Labute approximate surface area is 188 Å². The van der Waals surface area contributed by atoms with Crippen LogP contribution in [0.3, 0.4) is 0 Å². The van der Waals surface area contributed by atoms with E-state index in [1.807, 2.05) is 37.3 Å². The summed E-state index contributed by atoms with van der Waals surface area (Å²) >= 11 is 12.3. The van der Waals surface area contributed by atoms with Gasteiger partial charge in [0.15, 0.2) is 0 Å². The van der Waals surface area contributed by atoms with Gasteiger partial charge in [0.25, 0.3) is 11.8 Å². The van der Waals surface area contributed by atoms with Gasteiger partial charge in [-0.3, -0.25) is 14.9 Å². The number of ether oxygens (including phenoxy) is 1. The molecule has 31 heavy (non-hydrogen) atoms. The lowest BCUT2D eigenvalue weighted by Gasteiger charge is -2.27. The van der Waals surface area contributed by atoms with E-state index >= 15 is 0 Å². The Morgan fingerprint density at radius 2 is 1.77 bits per heavy atom. The highest BCUT2D eigenvalue weighted by Crippen LogP contribution is 2.35. The molecule has 1 saturated heterocycles. The molecular formula is C23H16Cl2N2O4. The molecule has 0 bridgehead atoms. The third-order valence-electron chi connectivity index (χ3n) is 4.79. The maximum atomic E-state index is 13.3. The number of carbonyl (C=O) groups is 3. The molecule has 1 fully saturated rings. The predicted molar refractivity (Wildman–Crippen MR) is 121 cm³/mol. The number of nitrogens with one attached hydrogen (secondary N) is 1. The van der Waals surface area contributed by atoms with Crippen LogP contribution in [0.4, 0.5) is 10.5 Å². The van der Waals surface area contributed by atoms with Crippen LogP contribution < -0.4 is 15.0 Å². The molecule has 1 aliphatic rings. The van der Waals surface area contributed by atoms with Crippen LogP contribution in [0.25, 0.3) is 16.8 Å². The average molecular weight is 455 g/mol. The lowest BCUT2D eigenvalue weighted by atomic mass is 9.99. The van der Waals surface area contributed by atoms with E-state index in [-0.39, 0.29) is 21.3 Å². The van der Waals surface area contributed by atoms with Gasteiger partial charge in [0.05, 0.1) is 22.3 Å². The van der Waals surface area contributed by atoms with E-state index in [4.69, 9.17) is 27.9 Å². The molecule has 1 aliphatic heterocycles. The Morgan fingerprint density at radius 3 is 2.55 bits per heavy atom. The van der Waals surface area contributed by atoms with Gasteiger partial charge in [0.2, 0.25) is 0 Å². The zero-order chi connectivity index (χ0) is 22.1. The number of hydrogen-bond acceptors (Lipinski definition) is 4. The van der Waals surface area contributed by atoms with Gasteiger partial charge in [0.1, 0.15) is 11.3 Å². The molecule has 0 saturated carbocycles. The van der Waals surface area contributed by atoms with Crippen LogP contribution in [0.5, 0.6) is 5.75 Å². The Morgan fingerprint density at radius 1 is 1.00 bits per heavy atom. The van der Waals surface area contributed by atoms with Crippen molar-refractivity contribution in [3.8, 4) is 5.75 Å². The highest BCUT2D eigenvalue weighted by Gasteiger charge is 2.38. The van der Waals surface area contributed by atoms with Gasteiger partial charge in [-0.15, -0.1) is 0 Å². The first-order valence-corrected chi connectivity index (χ1v) is 10.2. The van der Waals surface area contributed by atoms with Crippen LogP contribution in [0.1, 0.15) is 12.5 Å². The van der Waals surface area contributed by atoms with Crippen LogP contribution in [-0.2, 0) is 9.59 Å². The SMILES string of the molecule is CCOc1ccc2ccccc2c1/C=C1\C(=O)NC(=O)N(c2cccc(Cl)c2Cl)C1=O. The molecule has 0 aromatic heterocycles. The number of barbiturate groups is 1. The van der Waals surface area contributed by atoms with Crippen LogP contribution in [0, 0.1) is 0 Å². The van der Waals surface area contributed by atoms with Crippen molar-refractivity contribution in [2.24, 2.45) is 0 Å². The molecule has 1 N–H and O–H groups in total. The summed E-state index contributed by atoms with van der Waals surface area (Å²) in [6.45, 7) is 2.24. The van der Waals surface area contributed by atoms with Crippen molar-refractivity contribution < 1.29 is 19.1 Å². The fourth-order valence-electron chi connectivity index (χ4n) is 3.39. The minimum absolute atomic E-state index is 0.0292. The molecule has 0 spiro atoms. The monoisotopic (exact) mass is 454 g/mol. The van der Waals surface area contributed by atoms with E-state index in [9.17, 15) is 14.4 Å². The molecular weight excluding hydrogens is 439 g/mol. The predicted octanol–water partition coefficient (Wildman–Crippen LogP) is 5.21. The van der Waals surface area contributed by atoms with E-state index in [1.54, 1.807) is 12.1 Å². The minimum Gasteiger partial charge on any atom is -0.493 e. The van der Waals surface area contributed by atoms with Crippen molar-refractivity contribution in [1.82, 2.24) is 5.32 Å². The summed E-state index contributed by atoms with van der Waals surface area (Å²) in [4.78, 5) is 39.1. The van der Waals surface area contributed by atoms with Gasteiger partial charge in [-0.2, -0.15) is 0 Å². The number of nitrogens with zero attached hydrogens (tertiary/aromatic N) is 1. The number of carbonyl (C=O) groups excluding carboxylic acids is 3. The first-order chi connectivity index (χ1) is 14.9. The lowest BCUT2D eigenvalue weighted by molar-refractivity contribution is -0.122. The quantitative estimate of drug-likeness (QED) is 0.433. The first kappa shape index (κ1) is 20.9. The second-order valence-electron chi connectivity index (χ2n) is 6.66. The summed E-state index contributed by atoms with van der Waals surface area (Å²) in [7, 11) is 0. The summed E-state index contributed by atoms with van der Waals surface area (Å²) in [5.74, 6) is -1.10. The van der Waals surface area contributed by atoms with Crippen molar-refractivity contribution in [3.05, 3.63) is 75.8 Å². The summed E-state index contributed by atoms with van der Waals surface area (Å²) in [6.07, 6.45) is 1.43. The van der Waals surface area contributed by atoms with Gasteiger partial charge in [-0.05, 0) is 42.0 Å². The normalized spacial score (nSPS) is 15.5. The molecule has 1 heterocycles. The maximum Gasteiger partial charge on any atom is 0.336 e. The molecule has 3 aromatic rings. The first-order valence-electron chi connectivity index (χ1n) is 9.42. The van der Waals surface area contributed by atoms with Crippen molar-refractivity contribution in [3.63, 3.8) is 0 Å². The molecule has 0 radical (unpaired) electrons. The molecule has 3 aromatic carbocycles. The van der Waals surface area contributed by atoms with Gasteiger partial charge in [-0.25, -0.2) is 9.69 Å². The summed E-state index contributed by atoms with van der Waals surface area (Å²) in [5.41, 5.74) is 0.413. The number of rotatable bonds is 4. The van der Waals surface area contributed by atoms with Gasteiger partial charge in [-0.1, -0.05) is 59.6 Å². The fourth-order valence-corrected chi connectivity index (χ4v) is 3.77. The number of fused-ring (bicyclic) bond motifs is 1. The smallest absolute Gasteiger partial charge is 0.336 e. The highest BCUT2D eigenvalue weighted by atomic mass is 35.5. The molecule has 4 amide bonds. The molecule has 8 heteroatoms. The molecule has 0 atom stereocenters. The molecule has 156 valence electrons. The van der Waals surface area contributed by atoms with Gasteiger partial charge >= 0.3 is 6.03 Å². The third-order valence-corrected chi connectivity index (χ3v) is 5.60. The largest absolute Gasteiger partial charge is 0.493 e. The summed E-state index contributed by atoms with van der Waals surface area (Å²) in [6, 6.07) is 14.9. The van der Waals surface area contributed by atoms with Crippen molar-refractivity contribution in [2.75, 3.05) is 11.5 Å². The van der Waals surface area contributed by atoms with E-state index in [0.29, 0.717) is 17.9 Å². The standard InChI is InChI=1S/C23H16Cl2N2O4/c1-2-31-19-11-10-13-6-3-4-7-14(13)15(19)12-16-21(28)26-23(30)27(22(16)29)18-9-5-8-17(24)20(18)25/h3-12H,2H2,1H3,(H,26,28,30)/b16-12+. The Balaban J connectivity index is 1.89. The van der Waals surface area contributed by atoms with Crippen LogP contribution in [-0.4, -0.2) is 24.5 Å². The van der Waals surface area contributed by atoms with Crippen molar-refractivity contribution in [2.45, 2.75) is 6.92 Å². The Bertz CT molecular complexity index is 1270. The van der Waals surface area contributed by atoms with E-state index < -0.39 is 17.8 Å². The Hall–Kier alpha value is -3.35. The zero-order valence-corrected chi connectivity index (χ0v) is 17.8. The number of amides is 4.